The second-order valence-electron chi connectivity index (χ2n) is 11.7. The van der Waals surface area contributed by atoms with Gasteiger partial charge in [0.2, 0.25) is 5.88 Å². The highest BCUT2D eigenvalue weighted by Crippen LogP contribution is 2.51. The van der Waals surface area contributed by atoms with Gasteiger partial charge in [-0.1, -0.05) is 31.9 Å². The molecule has 1 N–H and O–H groups in total. The largest absolute Gasteiger partial charge is 0.474 e. The van der Waals surface area contributed by atoms with Crippen LogP contribution in [0.3, 0.4) is 0 Å². The summed E-state index contributed by atoms with van der Waals surface area (Å²) < 4.78 is 30.4. The first-order valence-electron chi connectivity index (χ1n) is 14.6. The summed E-state index contributed by atoms with van der Waals surface area (Å²) in [6.07, 6.45) is 7.96. The summed E-state index contributed by atoms with van der Waals surface area (Å²) in [6.45, 7) is 6.50. The van der Waals surface area contributed by atoms with E-state index in [0.717, 1.165) is 72.4 Å². The molecule has 3 aromatic rings. The molecule has 0 unspecified atom stereocenters. The van der Waals surface area contributed by atoms with Crippen molar-refractivity contribution in [2.45, 2.75) is 88.2 Å². The van der Waals surface area contributed by atoms with E-state index in [2.05, 4.69) is 15.3 Å². The second-order valence-corrected chi connectivity index (χ2v) is 14.0. The predicted octanol–water partition coefficient (Wildman–Crippen LogP) is 5.54. The highest BCUT2D eigenvalue weighted by atomic mass is 32.2. The maximum Gasteiger partial charge on any atom is 0.322 e. The highest BCUT2D eigenvalue weighted by Gasteiger charge is 2.48. The lowest BCUT2D eigenvalue weighted by molar-refractivity contribution is 0.233. The minimum absolute atomic E-state index is 0.0299. The molecule has 0 radical (unpaired) electrons. The summed E-state index contributed by atoms with van der Waals surface area (Å²) in [5.74, 6) is 1.02. The predicted molar refractivity (Wildman–Crippen MR) is 157 cm³/mol. The molecule has 0 atom stereocenters. The van der Waals surface area contributed by atoms with Crippen LogP contribution >= 0.6 is 0 Å². The number of hydrogen-bond acceptors (Lipinski definition) is 7. The molecule has 3 heterocycles. The number of hydrogen-bond donors (Lipinski definition) is 1. The van der Waals surface area contributed by atoms with E-state index >= 15 is 0 Å². The average Bonchev–Trinajstić information content (AvgIpc) is 3.63. The third-order valence-corrected chi connectivity index (χ3v) is 10.2. The average molecular weight is 576 g/mol. The summed E-state index contributed by atoms with van der Waals surface area (Å²) in [7, 11) is -3.26. The SMILES string of the molecule is CCS(=O)(=O)c1ccc(CNC(=O)N2CC3(CCCC3)c3nc(-c4c(OC(C)C)ncnc4C4CC4)ccc32)cc1. The van der Waals surface area contributed by atoms with Crippen molar-refractivity contribution in [3.8, 4) is 17.1 Å². The Morgan fingerprint density at radius 1 is 1.10 bits per heavy atom. The van der Waals surface area contributed by atoms with Gasteiger partial charge in [0.15, 0.2) is 9.84 Å². The third kappa shape index (κ3) is 5.29. The van der Waals surface area contributed by atoms with Crippen LogP contribution in [0.5, 0.6) is 5.88 Å². The van der Waals surface area contributed by atoms with Crippen molar-refractivity contribution < 1.29 is 17.9 Å². The van der Waals surface area contributed by atoms with Gasteiger partial charge in [0, 0.05) is 24.4 Å². The minimum atomic E-state index is -3.26. The molecular weight excluding hydrogens is 538 g/mol. The third-order valence-electron chi connectivity index (χ3n) is 8.45. The van der Waals surface area contributed by atoms with Crippen LogP contribution in [0.4, 0.5) is 10.5 Å². The van der Waals surface area contributed by atoms with Crippen molar-refractivity contribution in [1.29, 1.82) is 0 Å². The fraction of sp³-hybridized carbons (Fsp3) is 0.484. The molecule has 41 heavy (non-hydrogen) atoms. The minimum Gasteiger partial charge on any atom is -0.474 e. The number of fused-ring (bicyclic) bond motifs is 2. The molecule has 216 valence electrons. The van der Waals surface area contributed by atoms with Crippen molar-refractivity contribution in [3.05, 3.63) is 59.7 Å². The van der Waals surface area contributed by atoms with Crippen LogP contribution in [-0.4, -0.2) is 47.8 Å². The van der Waals surface area contributed by atoms with E-state index in [0.29, 0.717) is 29.8 Å². The Hall–Kier alpha value is -3.53. The Balaban J connectivity index is 1.29. The Morgan fingerprint density at radius 3 is 2.49 bits per heavy atom. The first-order chi connectivity index (χ1) is 19.7. The van der Waals surface area contributed by atoms with E-state index in [-0.39, 0.29) is 23.3 Å². The van der Waals surface area contributed by atoms with E-state index in [4.69, 9.17) is 9.72 Å². The zero-order valence-corrected chi connectivity index (χ0v) is 24.7. The van der Waals surface area contributed by atoms with E-state index < -0.39 is 9.84 Å². The fourth-order valence-electron chi connectivity index (χ4n) is 6.15. The summed E-state index contributed by atoms with van der Waals surface area (Å²) in [4.78, 5) is 30.0. The van der Waals surface area contributed by atoms with Crippen LogP contribution in [-0.2, 0) is 21.8 Å². The van der Waals surface area contributed by atoms with Gasteiger partial charge < -0.3 is 10.1 Å². The van der Waals surface area contributed by atoms with Crippen molar-refractivity contribution in [2.75, 3.05) is 17.2 Å². The molecule has 3 aliphatic rings. The van der Waals surface area contributed by atoms with Gasteiger partial charge in [-0.2, -0.15) is 0 Å². The second kappa shape index (κ2) is 10.7. The molecule has 10 heteroatoms. The molecule has 1 spiro atoms. The molecule has 2 aliphatic carbocycles. The van der Waals surface area contributed by atoms with E-state index in [1.807, 2.05) is 30.9 Å². The van der Waals surface area contributed by atoms with Crippen LogP contribution < -0.4 is 15.0 Å². The molecule has 1 aromatic carbocycles. The lowest BCUT2D eigenvalue weighted by Crippen LogP contribution is -2.41. The van der Waals surface area contributed by atoms with Gasteiger partial charge in [-0.15, -0.1) is 0 Å². The Morgan fingerprint density at radius 2 is 1.83 bits per heavy atom. The summed E-state index contributed by atoms with van der Waals surface area (Å²) in [5, 5.41) is 3.04. The Labute approximate surface area is 241 Å². The molecule has 6 rings (SSSR count). The number of amides is 2. The number of carbonyl (C=O) groups excluding carboxylic acids is 1. The number of anilines is 1. The first kappa shape index (κ1) is 27.6. The quantitative estimate of drug-likeness (QED) is 0.375. The standard InChI is InChI=1S/C31H37N5O4S/c1-4-41(38,39)23-11-7-21(8-12-23)17-32-30(37)36-18-31(15-5-6-16-31)28-25(36)14-13-24(35-28)26-27(22-9-10-22)33-19-34-29(26)40-20(2)3/h7-8,11-14,19-20,22H,4-6,9-10,15-18H2,1-3H3,(H,32,37). The molecule has 2 aromatic heterocycles. The van der Waals surface area contributed by atoms with Gasteiger partial charge in [0.1, 0.15) is 6.33 Å². The van der Waals surface area contributed by atoms with Crippen molar-refractivity contribution in [1.82, 2.24) is 20.3 Å². The van der Waals surface area contributed by atoms with Gasteiger partial charge in [-0.25, -0.2) is 28.2 Å². The topological polar surface area (TPSA) is 114 Å². The van der Waals surface area contributed by atoms with E-state index in [9.17, 15) is 13.2 Å². The van der Waals surface area contributed by atoms with E-state index in [1.165, 1.54) is 0 Å². The lowest BCUT2D eigenvalue weighted by Gasteiger charge is -2.24. The number of benzene rings is 1. The number of carbonyl (C=O) groups is 1. The van der Waals surface area contributed by atoms with Crippen LogP contribution in [0.25, 0.3) is 11.3 Å². The van der Waals surface area contributed by atoms with Crippen LogP contribution in [0, 0.1) is 0 Å². The number of urea groups is 1. The van der Waals surface area contributed by atoms with Crippen molar-refractivity contribution in [3.63, 3.8) is 0 Å². The molecule has 0 bridgehead atoms. The van der Waals surface area contributed by atoms with Crippen LogP contribution in [0.2, 0.25) is 0 Å². The molecule has 2 fully saturated rings. The smallest absolute Gasteiger partial charge is 0.322 e. The van der Waals surface area contributed by atoms with Crippen molar-refractivity contribution in [2.24, 2.45) is 0 Å². The van der Waals surface area contributed by atoms with Gasteiger partial charge in [0.25, 0.3) is 0 Å². The molecule has 2 saturated carbocycles. The van der Waals surface area contributed by atoms with E-state index in [1.54, 1.807) is 37.5 Å². The first-order valence-corrected chi connectivity index (χ1v) is 16.3. The molecular formula is C31H37N5O4S. The molecule has 2 amide bonds. The zero-order valence-electron chi connectivity index (χ0n) is 23.9. The molecule has 0 saturated heterocycles. The van der Waals surface area contributed by atoms with Gasteiger partial charge in [-0.3, -0.25) is 4.90 Å². The molecule has 9 nitrogen and oxygen atoms in total. The molecule has 1 aliphatic heterocycles. The van der Waals surface area contributed by atoms with Gasteiger partial charge >= 0.3 is 6.03 Å². The fourth-order valence-corrected chi connectivity index (χ4v) is 7.03. The number of pyridine rings is 1. The number of rotatable bonds is 8. The number of nitrogens with one attached hydrogen (secondary N) is 1. The number of sulfone groups is 1. The number of aromatic nitrogens is 3. The monoisotopic (exact) mass is 575 g/mol. The van der Waals surface area contributed by atoms with Crippen LogP contribution in [0.15, 0.2) is 47.6 Å². The normalized spacial score (nSPS) is 17.7. The maximum atomic E-state index is 13.5. The van der Waals surface area contributed by atoms with Gasteiger partial charge in [-0.05, 0) is 69.4 Å². The van der Waals surface area contributed by atoms with Crippen LogP contribution in [0.1, 0.15) is 82.2 Å². The Kier molecular flexibility index (Phi) is 7.21. The number of nitrogens with zero attached hydrogens (tertiary/aromatic N) is 4. The lowest BCUT2D eigenvalue weighted by atomic mass is 9.84. The highest BCUT2D eigenvalue weighted by molar-refractivity contribution is 7.91. The zero-order chi connectivity index (χ0) is 28.8. The van der Waals surface area contributed by atoms with Gasteiger partial charge in [0.05, 0.1) is 45.1 Å². The maximum absolute atomic E-state index is 13.5. The summed E-state index contributed by atoms with van der Waals surface area (Å²) in [5.41, 5.74) is 5.15. The summed E-state index contributed by atoms with van der Waals surface area (Å²) in [6, 6.07) is 10.5. The number of ether oxygens (including phenoxy) is 1. The Bertz CT molecular complexity index is 1560. The van der Waals surface area contributed by atoms with Crippen molar-refractivity contribution >= 4 is 21.6 Å². The summed E-state index contributed by atoms with van der Waals surface area (Å²) >= 11 is 0.